The van der Waals surface area contributed by atoms with Gasteiger partial charge in [0.15, 0.2) is 8.32 Å². The molecule has 3 fully saturated rings. The van der Waals surface area contributed by atoms with Crippen molar-refractivity contribution in [2.45, 2.75) is 89.3 Å². The quantitative estimate of drug-likeness (QED) is 0.264. The number of ether oxygens (including phenoxy) is 3. The topological polar surface area (TPSA) is 54.0 Å². The minimum Gasteiger partial charge on any atom is -0.459 e. The summed E-state index contributed by atoms with van der Waals surface area (Å²) in [6, 6.07) is 0. The Kier molecular flexibility index (Phi) is 6.17. The van der Waals surface area contributed by atoms with Gasteiger partial charge in [-0.2, -0.15) is 0 Å². The Hall–Kier alpha value is -0.693. The second-order valence-corrected chi connectivity index (χ2v) is 15.1. The summed E-state index contributed by atoms with van der Waals surface area (Å²) in [6.45, 7) is 15.6. The van der Waals surface area contributed by atoms with E-state index in [0.717, 1.165) is 25.7 Å². The summed E-state index contributed by atoms with van der Waals surface area (Å²) >= 11 is 0. The van der Waals surface area contributed by atoms with Crippen LogP contribution < -0.4 is 0 Å². The molecule has 0 aromatic rings. The third-order valence-corrected chi connectivity index (χ3v) is 12.4. The van der Waals surface area contributed by atoms with Gasteiger partial charge in [0.1, 0.15) is 12.9 Å². The molecule has 0 unspecified atom stereocenters. The molecule has 0 aromatic heterocycles. The molecule has 160 valence electrons. The van der Waals surface area contributed by atoms with E-state index < -0.39 is 8.32 Å². The van der Waals surface area contributed by atoms with Gasteiger partial charge in [0, 0.05) is 12.5 Å². The number of rotatable bonds is 7. The van der Waals surface area contributed by atoms with E-state index in [1.807, 2.05) is 6.08 Å². The number of hydrogen-bond donors (Lipinski definition) is 0. The molecule has 1 spiro atoms. The standard InChI is InChI=1S/C22H38O5Si/c1-8-9-16-18(25-14-24-5)12-15-10-11-17(27-28(6,7)21(2,3)4)20-22(15,16)13-19(23)26-20/h8,15-18,20H,1,9-14H2,2-7H3/t15-,16-,17-,18+,20+,22-/m0/s1. The smallest absolute Gasteiger partial charge is 0.306 e. The van der Waals surface area contributed by atoms with Crippen LogP contribution in [0.4, 0.5) is 0 Å². The summed E-state index contributed by atoms with van der Waals surface area (Å²) in [5.41, 5.74) is -0.199. The van der Waals surface area contributed by atoms with Crippen molar-refractivity contribution in [3.05, 3.63) is 12.7 Å². The number of methoxy groups -OCH3 is 1. The Balaban J connectivity index is 1.92. The van der Waals surface area contributed by atoms with Crippen LogP contribution in [0.5, 0.6) is 0 Å². The van der Waals surface area contributed by atoms with Crippen molar-refractivity contribution < 1.29 is 23.4 Å². The maximum atomic E-state index is 12.6. The van der Waals surface area contributed by atoms with Crippen molar-refractivity contribution >= 4 is 14.3 Å². The molecule has 6 atom stereocenters. The fourth-order valence-electron chi connectivity index (χ4n) is 5.57. The van der Waals surface area contributed by atoms with E-state index in [1.165, 1.54) is 0 Å². The highest BCUT2D eigenvalue weighted by Crippen LogP contribution is 2.63. The largest absolute Gasteiger partial charge is 0.459 e. The SMILES string of the molecule is C=CC[C@H]1[C@H](OCOC)C[C@@H]2CC[C@H](O[Si](C)(C)C(C)(C)C)[C@H]3OC(=O)C[C@@]231. The number of esters is 1. The molecule has 2 saturated carbocycles. The van der Waals surface area contributed by atoms with Crippen molar-refractivity contribution in [1.82, 2.24) is 0 Å². The van der Waals surface area contributed by atoms with E-state index in [0.29, 0.717) is 12.3 Å². The molecule has 0 radical (unpaired) electrons. The summed E-state index contributed by atoms with van der Waals surface area (Å²) in [4.78, 5) is 12.6. The van der Waals surface area contributed by atoms with Crippen molar-refractivity contribution in [2.75, 3.05) is 13.9 Å². The highest BCUT2D eigenvalue weighted by Gasteiger charge is 2.67. The van der Waals surface area contributed by atoms with E-state index in [4.69, 9.17) is 18.6 Å². The second-order valence-electron chi connectivity index (χ2n) is 10.4. The van der Waals surface area contributed by atoms with Crippen LogP contribution in [0.1, 0.15) is 52.9 Å². The Bertz CT molecular complexity index is 598. The van der Waals surface area contributed by atoms with Crippen LogP contribution in [0.2, 0.25) is 18.1 Å². The molecule has 1 heterocycles. The van der Waals surface area contributed by atoms with E-state index in [1.54, 1.807) is 7.11 Å². The first-order valence-corrected chi connectivity index (χ1v) is 13.6. The van der Waals surface area contributed by atoms with Crippen molar-refractivity contribution in [3.63, 3.8) is 0 Å². The predicted molar refractivity (Wildman–Crippen MR) is 111 cm³/mol. The van der Waals surface area contributed by atoms with Gasteiger partial charge in [-0.05, 0) is 55.7 Å². The number of hydrogen-bond acceptors (Lipinski definition) is 5. The lowest BCUT2D eigenvalue weighted by Gasteiger charge is -2.49. The van der Waals surface area contributed by atoms with E-state index >= 15 is 0 Å². The van der Waals surface area contributed by atoms with Crippen LogP contribution in [0.25, 0.3) is 0 Å². The molecular weight excluding hydrogens is 372 g/mol. The van der Waals surface area contributed by atoms with Gasteiger partial charge in [0.05, 0.1) is 18.6 Å². The third kappa shape index (κ3) is 3.62. The number of allylic oxidation sites excluding steroid dienone is 1. The molecule has 0 N–H and O–H groups in total. The number of carbonyl (C=O) groups is 1. The van der Waals surface area contributed by atoms with E-state index in [2.05, 4.69) is 40.4 Å². The fourth-order valence-corrected chi connectivity index (χ4v) is 6.92. The molecule has 0 amide bonds. The summed E-state index contributed by atoms with van der Waals surface area (Å²) in [7, 11) is -0.313. The van der Waals surface area contributed by atoms with Crippen LogP contribution in [0.15, 0.2) is 12.7 Å². The molecule has 1 aliphatic heterocycles. The lowest BCUT2D eigenvalue weighted by Crippen LogP contribution is -2.55. The van der Waals surface area contributed by atoms with Crippen molar-refractivity contribution in [2.24, 2.45) is 17.3 Å². The molecule has 28 heavy (non-hydrogen) atoms. The normalized spacial score (nSPS) is 38.1. The summed E-state index contributed by atoms with van der Waals surface area (Å²) in [6.07, 6.45) is 6.13. The first-order valence-electron chi connectivity index (χ1n) is 10.7. The molecule has 3 rings (SSSR count). The van der Waals surface area contributed by atoms with Gasteiger partial charge < -0.3 is 18.6 Å². The second kappa shape index (κ2) is 7.86. The zero-order chi connectivity index (χ0) is 20.7. The van der Waals surface area contributed by atoms with Gasteiger partial charge in [0.2, 0.25) is 0 Å². The summed E-state index contributed by atoms with van der Waals surface area (Å²) < 4.78 is 24.1. The van der Waals surface area contributed by atoms with Crippen molar-refractivity contribution in [1.29, 1.82) is 0 Å². The Labute approximate surface area is 171 Å². The molecule has 3 aliphatic rings. The Morgan fingerprint density at radius 3 is 2.61 bits per heavy atom. The van der Waals surface area contributed by atoms with Gasteiger partial charge in [-0.15, -0.1) is 6.58 Å². The van der Waals surface area contributed by atoms with Gasteiger partial charge >= 0.3 is 5.97 Å². The summed E-state index contributed by atoms with van der Waals surface area (Å²) in [5, 5.41) is 0.125. The molecule has 6 heteroatoms. The first kappa shape index (κ1) is 22.0. The van der Waals surface area contributed by atoms with Gasteiger partial charge in [-0.1, -0.05) is 26.8 Å². The number of carbonyl (C=O) groups excluding carboxylic acids is 1. The van der Waals surface area contributed by atoms with E-state index in [9.17, 15) is 4.79 Å². The third-order valence-electron chi connectivity index (χ3n) is 7.86. The predicted octanol–water partition coefficient (Wildman–Crippen LogP) is 4.67. The van der Waals surface area contributed by atoms with Gasteiger partial charge in [0.25, 0.3) is 0 Å². The highest BCUT2D eigenvalue weighted by molar-refractivity contribution is 6.74. The van der Waals surface area contributed by atoms with Gasteiger partial charge in [-0.3, -0.25) is 4.79 Å². The van der Waals surface area contributed by atoms with E-state index in [-0.39, 0.29) is 47.4 Å². The Morgan fingerprint density at radius 1 is 1.29 bits per heavy atom. The first-order chi connectivity index (χ1) is 13.1. The molecule has 2 aliphatic carbocycles. The zero-order valence-electron chi connectivity index (χ0n) is 18.5. The van der Waals surface area contributed by atoms with Crippen LogP contribution in [0.3, 0.4) is 0 Å². The zero-order valence-corrected chi connectivity index (χ0v) is 19.5. The maximum Gasteiger partial charge on any atom is 0.306 e. The Morgan fingerprint density at radius 2 is 2.00 bits per heavy atom. The minimum absolute atomic E-state index is 0.0166. The molecule has 0 bridgehead atoms. The highest BCUT2D eigenvalue weighted by atomic mass is 28.4. The minimum atomic E-state index is -1.96. The average Bonchev–Trinajstić information content (AvgIpc) is 3.09. The van der Waals surface area contributed by atoms with Crippen molar-refractivity contribution in [3.8, 4) is 0 Å². The van der Waals surface area contributed by atoms with Gasteiger partial charge in [-0.25, -0.2) is 0 Å². The lowest BCUT2D eigenvalue weighted by molar-refractivity contribution is -0.152. The van der Waals surface area contributed by atoms with Crippen LogP contribution in [0, 0.1) is 17.3 Å². The lowest BCUT2D eigenvalue weighted by atomic mass is 9.60. The molecule has 5 nitrogen and oxygen atoms in total. The molecule has 0 aromatic carbocycles. The fraction of sp³-hybridized carbons (Fsp3) is 0.864. The van der Waals surface area contributed by atoms with Crippen LogP contribution in [-0.2, 0) is 23.4 Å². The summed E-state index contributed by atoms with van der Waals surface area (Å²) in [5.74, 6) is 0.560. The van der Waals surface area contributed by atoms with Crippen LogP contribution in [-0.4, -0.2) is 46.5 Å². The van der Waals surface area contributed by atoms with Crippen LogP contribution >= 0.6 is 0 Å². The maximum absolute atomic E-state index is 12.6. The molecular formula is C22H38O5Si. The average molecular weight is 411 g/mol. The monoisotopic (exact) mass is 410 g/mol. The molecule has 1 saturated heterocycles.